The van der Waals surface area contributed by atoms with Crippen molar-refractivity contribution in [2.24, 2.45) is 7.05 Å². The van der Waals surface area contributed by atoms with Crippen molar-refractivity contribution in [3.8, 4) is 0 Å². The molecule has 1 aromatic carbocycles. The molecule has 1 fully saturated rings. The number of aryl methyl sites for hydroxylation is 1. The van der Waals surface area contributed by atoms with Gasteiger partial charge in [0.1, 0.15) is 5.82 Å². The molecule has 1 amide bonds. The first-order valence-corrected chi connectivity index (χ1v) is 8.33. The molecule has 0 aliphatic carbocycles. The summed E-state index contributed by atoms with van der Waals surface area (Å²) in [5.41, 5.74) is 1.19. The van der Waals surface area contributed by atoms with E-state index in [0.29, 0.717) is 11.6 Å². The van der Waals surface area contributed by atoms with Gasteiger partial charge in [-0.05, 0) is 43.2 Å². The molecule has 1 aliphatic heterocycles. The largest absolute Gasteiger partial charge is 0.353 e. The zero-order valence-corrected chi connectivity index (χ0v) is 13.9. The van der Waals surface area contributed by atoms with E-state index < -0.39 is 5.82 Å². The lowest BCUT2D eigenvalue weighted by Gasteiger charge is -2.31. The molecule has 0 spiro atoms. The second kappa shape index (κ2) is 6.75. The number of carbonyl (C=O) groups is 1. The highest BCUT2D eigenvalue weighted by Gasteiger charge is 2.30. The highest BCUT2D eigenvalue weighted by Crippen LogP contribution is 2.32. The Balaban J connectivity index is 1.96. The number of carbonyl (C=O) groups excluding carboxylic acids is 1. The fourth-order valence-corrected chi connectivity index (χ4v) is 3.46. The van der Waals surface area contributed by atoms with Crippen LogP contribution in [0.4, 0.5) is 4.39 Å². The Bertz CT molecular complexity index is 713. The van der Waals surface area contributed by atoms with Gasteiger partial charge in [0.15, 0.2) is 0 Å². The zero-order chi connectivity index (χ0) is 16.4. The highest BCUT2D eigenvalue weighted by molar-refractivity contribution is 6.30. The molecule has 2 heterocycles. The molecule has 122 valence electrons. The van der Waals surface area contributed by atoms with Gasteiger partial charge in [0.2, 0.25) is 0 Å². The van der Waals surface area contributed by atoms with Crippen LogP contribution in [0.1, 0.15) is 47.8 Å². The summed E-state index contributed by atoms with van der Waals surface area (Å²) < 4.78 is 16.2. The average molecular weight is 335 g/mol. The van der Waals surface area contributed by atoms with Crippen molar-refractivity contribution in [3.63, 3.8) is 0 Å². The van der Waals surface area contributed by atoms with Crippen LogP contribution in [-0.4, -0.2) is 21.9 Å². The van der Waals surface area contributed by atoms with Gasteiger partial charge < -0.3 is 9.47 Å². The van der Waals surface area contributed by atoms with Gasteiger partial charge in [0, 0.05) is 30.5 Å². The maximum absolute atomic E-state index is 14.2. The van der Waals surface area contributed by atoms with E-state index in [1.165, 1.54) is 12.1 Å². The third-order valence-corrected chi connectivity index (χ3v) is 4.74. The number of halogens is 2. The van der Waals surface area contributed by atoms with Crippen molar-refractivity contribution in [3.05, 3.63) is 58.6 Å². The Morgan fingerprint density at radius 1 is 1.26 bits per heavy atom. The van der Waals surface area contributed by atoms with Gasteiger partial charge in [-0.15, -0.1) is 0 Å². The molecule has 0 N–H and O–H groups in total. The normalized spacial score (nSPS) is 18.7. The number of rotatable bonds is 2. The van der Waals surface area contributed by atoms with Gasteiger partial charge in [0.25, 0.3) is 5.91 Å². The van der Waals surface area contributed by atoms with Crippen LogP contribution in [0.2, 0.25) is 5.02 Å². The van der Waals surface area contributed by atoms with Crippen LogP contribution in [0.15, 0.2) is 36.5 Å². The number of likely N-dealkylation sites (tertiary alicyclic amines) is 1. The number of amides is 1. The van der Waals surface area contributed by atoms with E-state index in [1.807, 2.05) is 34.8 Å². The molecule has 1 saturated heterocycles. The van der Waals surface area contributed by atoms with Crippen molar-refractivity contribution in [2.45, 2.75) is 31.7 Å². The van der Waals surface area contributed by atoms with Crippen molar-refractivity contribution in [2.75, 3.05) is 6.54 Å². The summed E-state index contributed by atoms with van der Waals surface area (Å²) in [5, 5.41) is 0.300. The van der Waals surface area contributed by atoms with Crippen LogP contribution in [0, 0.1) is 5.82 Å². The molecule has 0 radical (unpaired) electrons. The predicted octanol–water partition coefficient (Wildman–Crippen LogP) is 4.58. The summed E-state index contributed by atoms with van der Waals surface area (Å²) in [6.07, 6.45) is 5.99. The van der Waals surface area contributed by atoms with Crippen molar-refractivity contribution < 1.29 is 9.18 Å². The lowest BCUT2D eigenvalue weighted by molar-refractivity contribution is 0.0669. The standard InChI is InChI=1S/C18H20ClFN2O/c1-21-10-5-7-16(21)17-6-3-2-4-11-22(17)18(23)14-9-8-13(19)12-15(14)20/h5,7-10,12,17H,2-4,6,11H2,1H3/t17-/m0/s1. The maximum Gasteiger partial charge on any atom is 0.257 e. The molecule has 0 unspecified atom stereocenters. The molecular formula is C18H20ClFN2O. The Morgan fingerprint density at radius 3 is 2.78 bits per heavy atom. The third kappa shape index (κ3) is 3.27. The van der Waals surface area contributed by atoms with Crippen molar-refractivity contribution in [1.29, 1.82) is 0 Å². The van der Waals surface area contributed by atoms with Crippen LogP contribution in [-0.2, 0) is 7.05 Å². The molecular weight excluding hydrogens is 315 g/mol. The minimum absolute atomic E-state index is 0.0138. The lowest BCUT2D eigenvalue weighted by atomic mass is 10.1. The molecule has 3 nitrogen and oxygen atoms in total. The maximum atomic E-state index is 14.2. The Morgan fingerprint density at radius 2 is 2.09 bits per heavy atom. The number of aromatic nitrogens is 1. The molecule has 1 atom stereocenters. The SMILES string of the molecule is Cn1cccc1[C@@H]1CCCCCN1C(=O)c1ccc(Cl)cc1F. The first kappa shape index (κ1) is 16.1. The van der Waals surface area contributed by atoms with E-state index in [0.717, 1.165) is 31.4 Å². The smallest absolute Gasteiger partial charge is 0.257 e. The molecule has 2 aromatic rings. The summed E-state index contributed by atoms with van der Waals surface area (Å²) in [6, 6.07) is 8.24. The number of hydrogen-bond acceptors (Lipinski definition) is 1. The fraction of sp³-hybridized carbons (Fsp3) is 0.389. The molecule has 0 bridgehead atoms. The fourth-order valence-electron chi connectivity index (χ4n) is 3.30. The second-order valence-corrected chi connectivity index (χ2v) is 6.47. The van der Waals surface area contributed by atoms with E-state index in [9.17, 15) is 9.18 Å². The van der Waals surface area contributed by atoms with Gasteiger partial charge in [-0.2, -0.15) is 0 Å². The van der Waals surface area contributed by atoms with E-state index in [1.54, 1.807) is 6.07 Å². The summed E-state index contributed by atoms with van der Waals surface area (Å²) in [5.74, 6) is -0.815. The first-order chi connectivity index (χ1) is 11.1. The summed E-state index contributed by atoms with van der Waals surface area (Å²) in [4.78, 5) is 14.7. The highest BCUT2D eigenvalue weighted by atomic mass is 35.5. The van der Waals surface area contributed by atoms with Crippen LogP contribution in [0.3, 0.4) is 0 Å². The van der Waals surface area contributed by atoms with E-state index in [2.05, 4.69) is 0 Å². The minimum Gasteiger partial charge on any atom is -0.353 e. The number of nitrogens with zero attached hydrogens (tertiary/aromatic N) is 2. The van der Waals surface area contributed by atoms with Gasteiger partial charge >= 0.3 is 0 Å². The predicted molar refractivity (Wildman–Crippen MR) is 89.1 cm³/mol. The molecule has 23 heavy (non-hydrogen) atoms. The first-order valence-electron chi connectivity index (χ1n) is 7.95. The van der Waals surface area contributed by atoms with E-state index in [-0.39, 0.29) is 17.5 Å². The van der Waals surface area contributed by atoms with Crippen LogP contribution in [0.25, 0.3) is 0 Å². The monoisotopic (exact) mass is 334 g/mol. The van der Waals surface area contributed by atoms with Crippen LogP contribution < -0.4 is 0 Å². The zero-order valence-electron chi connectivity index (χ0n) is 13.1. The third-order valence-electron chi connectivity index (χ3n) is 4.50. The van der Waals surface area contributed by atoms with Gasteiger partial charge in [0.05, 0.1) is 11.6 Å². The Hall–Kier alpha value is -1.81. The van der Waals surface area contributed by atoms with Gasteiger partial charge in [-0.25, -0.2) is 4.39 Å². The van der Waals surface area contributed by atoms with Crippen molar-refractivity contribution in [1.82, 2.24) is 9.47 Å². The molecule has 1 aliphatic rings. The number of benzene rings is 1. The summed E-state index contributed by atoms with van der Waals surface area (Å²) in [6.45, 7) is 0.650. The van der Waals surface area contributed by atoms with Gasteiger partial charge in [-0.1, -0.05) is 24.4 Å². The number of hydrogen-bond donors (Lipinski definition) is 0. The molecule has 1 aromatic heterocycles. The summed E-state index contributed by atoms with van der Waals surface area (Å²) in [7, 11) is 1.98. The second-order valence-electron chi connectivity index (χ2n) is 6.03. The summed E-state index contributed by atoms with van der Waals surface area (Å²) >= 11 is 5.80. The Labute approximate surface area is 140 Å². The van der Waals surface area contributed by atoms with E-state index in [4.69, 9.17) is 11.6 Å². The topological polar surface area (TPSA) is 25.2 Å². The van der Waals surface area contributed by atoms with Gasteiger partial charge in [-0.3, -0.25) is 4.79 Å². The quantitative estimate of drug-likeness (QED) is 0.789. The Kier molecular flexibility index (Phi) is 4.71. The van der Waals surface area contributed by atoms with Crippen LogP contribution in [0.5, 0.6) is 0 Å². The molecule has 3 rings (SSSR count). The average Bonchev–Trinajstić information content (AvgIpc) is 2.80. The molecule has 5 heteroatoms. The van der Waals surface area contributed by atoms with Crippen molar-refractivity contribution >= 4 is 17.5 Å². The molecule has 0 saturated carbocycles. The van der Waals surface area contributed by atoms with Crippen LogP contribution >= 0.6 is 11.6 Å². The van der Waals surface area contributed by atoms with E-state index >= 15 is 0 Å². The lowest BCUT2D eigenvalue weighted by Crippen LogP contribution is -2.36. The minimum atomic E-state index is -0.558.